The van der Waals surface area contributed by atoms with Crippen LogP contribution in [0.3, 0.4) is 0 Å². The lowest BCUT2D eigenvalue weighted by Gasteiger charge is -2.17. The number of carbonyl (C=O) groups is 1. The van der Waals surface area contributed by atoms with Crippen LogP contribution in [-0.4, -0.2) is 17.8 Å². The van der Waals surface area contributed by atoms with E-state index in [0.717, 1.165) is 34.4 Å². The Kier molecular flexibility index (Phi) is 5.21. The Bertz CT molecular complexity index is 450. The summed E-state index contributed by atoms with van der Waals surface area (Å²) < 4.78 is 5.70. The number of carbonyl (C=O) groups excluding carboxylic acids is 1. The first kappa shape index (κ1) is 15.0. The molecule has 0 bridgehead atoms. The van der Waals surface area contributed by atoms with Crippen LogP contribution in [0.25, 0.3) is 0 Å². The van der Waals surface area contributed by atoms with Crippen molar-refractivity contribution in [2.45, 2.75) is 46.4 Å². The molecule has 0 aliphatic heterocycles. The van der Waals surface area contributed by atoms with Gasteiger partial charge < -0.3 is 4.74 Å². The van der Waals surface area contributed by atoms with Gasteiger partial charge in [0.2, 0.25) is 0 Å². The third-order valence-electron chi connectivity index (χ3n) is 3.12. The van der Waals surface area contributed by atoms with Crippen LogP contribution in [0.1, 0.15) is 47.3 Å². The highest BCUT2D eigenvalue weighted by Gasteiger charge is 2.20. The number of ether oxygens (including phenoxy) is 1. The van der Waals surface area contributed by atoms with Gasteiger partial charge in [0.25, 0.3) is 0 Å². The summed E-state index contributed by atoms with van der Waals surface area (Å²) in [5.41, 5.74) is 3.66. The summed E-state index contributed by atoms with van der Waals surface area (Å²) in [5, 5.41) is -0.496. The summed E-state index contributed by atoms with van der Waals surface area (Å²) in [6.45, 7) is 10.3. The Morgan fingerprint density at radius 3 is 2.44 bits per heavy atom. The Labute approximate surface area is 114 Å². The number of aryl methyl sites for hydroxylation is 1. The van der Waals surface area contributed by atoms with Crippen molar-refractivity contribution >= 4 is 17.4 Å². The van der Waals surface area contributed by atoms with Crippen LogP contribution < -0.4 is 4.74 Å². The van der Waals surface area contributed by atoms with E-state index in [4.69, 9.17) is 16.3 Å². The Hall–Kier alpha value is -1.02. The maximum absolute atomic E-state index is 12.1. The second-order valence-electron chi connectivity index (χ2n) is 4.65. The number of hydrogen-bond donors (Lipinski definition) is 0. The minimum Gasteiger partial charge on any atom is -0.493 e. The molecule has 1 unspecified atom stereocenters. The van der Waals surface area contributed by atoms with Gasteiger partial charge in [0.05, 0.1) is 12.0 Å². The second-order valence-corrected chi connectivity index (χ2v) is 5.30. The Balaban J connectivity index is 3.24. The summed E-state index contributed by atoms with van der Waals surface area (Å²) in [6, 6.07) is 1.94. The van der Waals surface area contributed by atoms with Gasteiger partial charge in [0, 0.05) is 5.56 Å². The summed E-state index contributed by atoms with van der Waals surface area (Å²) in [5.74, 6) is 0.849. The second kappa shape index (κ2) is 6.24. The molecule has 0 saturated heterocycles. The number of alkyl halides is 1. The fourth-order valence-electron chi connectivity index (χ4n) is 1.99. The number of rotatable bonds is 5. The molecule has 0 N–H and O–H groups in total. The highest BCUT2D eigenvalue weighted by molar-refractivity contribution is 6.34. The van der Waals surface area contributed by atoms with E-state index >= 15 is 0 Å². The molecule has 0 saturated carbocycles. The van der Waals surface area contributed by atoms with Crippen molar-refractivity contribution in [2.24, 2.45) is 0 Å². The highest BCUT2D eigenvalue weighted by atomic mass is 35.5. The molecule has 100 valence electrons. The van der Waals surface area contributed by atoms with Crippen molar-refractivity contribution in [3.63, 3.8) is 0 Å². The molecule has 0 amide bonds. The highest BCUT2D eigenvalue weighted by Crippen LogP contribution is 2.29. The quantitative estimate of drug-likeness (QED) is 0.591. The summed E-state index contributed by atoms with van der Waals surface area (Å²) >= 11 is 5.90. The Morgan fingerprint density at radius 1 is 1.33 bits per heavy atom. The first-order valence-electron chi connectivity index (χ1n) is 6.32. The van der Waals surface area contributed by atoms with Gasteiger partial charge in [-0.2, -0.15) is 0 Å². The summed E-state index contributed by atoms with van der Waals surface area (Å²) in [7, 11) is 0. The molecular weight excluding hydrogens is 248 g/mol. The third kappa shape index (κ3) is 3.05. The van der Waals surface area contributed by atoms with E-state index in [2.05, 4.69) is 6.92 Å². The van der Waals surface area contributed by atoms with Gasteiger partial charge in [0.15, 0.2) is 5.78 Å². The molecule has 0 fully saturated rings. The van der Waals surface area contributed by atoms with Gasteiger partial charge in [-0.3, -0.25) is 4.79 Å². The molecule has 0 heterocycles. The molecule has 0 radical (unpaired) electrons. The number of Topliss-reactive ketones (excluding diaryl/α,β-unsaturated/α-hetero) is 1. The molecule has 1 rings (SSSR count). The first-order valence-corrected chi connectivity index (χ1v) is 6.75. The van der Waals surface area contributed by atoms with Gasteiger partial charge in [-0.15, -0.1) is 11.6 Å². The van der Waals surface area contributed by atoms with Crippen LogP contribution in [-0.2, 0) is 0 Å². The summed E-state index contributed by atoms with van der Waals surface area (Å²) in [6.07, 6.45) is 0.969. The van der Waals surface area contributed by atoms with Crippen LogP contribution in [0, 0.1) is 20.8 Å². The van der Waals surface area contributed by atoms with E-state index in [9.17, 15) is 4.79 Å². The fraction of sp³-hybridized carbons (Fsp3) is 0.533. The standard InChI is InChI=1S/C15H21ClO2/c1-6-7-18-13-8-9(2)14(11(4)10(13)3)15(17)12(5)16/h8,12H,6-7H2,1-5H3. The van der Waals surface area contributed by atoms with Crippen molar-refractivity contribution in [1.29, 1.82) is 0 Å². The molecule has 1 atom stereocenters. The zero-order chi connectivity index (χ0) is 13.9. The lowest BCUT2D eigenvalue weighted by atomic mass is 9.93. The fourth-order valence-corrected chi connectivity index (χ4v) is 2.09. The van der Waals surface area contributed by atoms with Gasteiger partial charge in [-0.25, -0.2) is 0 Å². The number of ketones is 1. The van der Waals surface area contributed by atoms with Crippen molar-refractivity contribution in [3.8, 4) is 5.75 Å². The van der Waals surface area contributed by atoms with Crippen molar-refractivity contribution < 1.29 is 9.53 Å². The molecule has 0 aromatic heterocycles. The predicted octanol–water partition coefficient (Wildman–Crippen LogP) is 4.21. The van der Waals surface area contributed by atoms with E-state index in [1.807, 2.05) is 26.8 Å². The molecular formula is C15H21ClO2. The van der Waals surface area contributed by atoms with Crippen LogP contribution >= 0.6 is 11.6 Å². The van der Waals surface area contributed by atoms with Crippen LogP contribution in [0.4, 0.5) is 0 Å². The predicted molar refractivity (Wildman–Crippen MR) is 76.1 cm³/mol. The zero-order valence-electron chi connectivity index (χ0n) is 11.8. The molecule has 0 spiro atoms. The minimum absolute atomic E-state index is 0.0168. The van der Waals surface area contributed by atoms with E-state index in [-0.39, 0.29) is 5.78 Å². The topological polar surface area (TPSA) is 26.3 Å². The monoisotopic (exact) mass is 268 g/mol. The van der Waals surface area contributed by atoms with E-state index in [1.54, 1.807) is 6.92 Å². The molecule has 18 heavy (non-hydrogen) atoms. The maximum atomic E-state index is 12.1. The van der Waals surface area contributed by atoms with Crippen LogP contribution in [0.5, 0.6) is 5.75 Å². The first-order chi connectivity index (χ1) is 8.40. The molecule has 2 nitrogen and oxygen atoms in total. The van der Waals surface area contributed by atoms with E-state index in [1.165, 1.54) is 0 Å². The normalized spacial score (nSPS) is 12.3. The molecule has 0 aliphatic carbocycles. The molecule has 3 heteroatoms. The van der Waals surface area contributed by atoms with Crippen LogP contribution in [0.2, 0.25) is 0 Å². The largest absolute Gasteiger partial charge is 0.493 e. The van der Waals surface area contributed by atoms with Gasteiger partial charge in [-0.1, -0.05) is 6.92 Å². The minimum atomic E-state index is -0.496. The summed E-state index contributed by atoms with van der Waals surface area (Å²) in [4.78, 5) is 12.1. The number of halogens is 1. The molecule has 0 aliphatic rings. The van der Waals surface area contributed by atoms with Crippen molar-refractivity contribution in [3.05, 3.63) is 28.3 Å². The average Bonchev–Trinajstić information content (AvgIpc) is 2.31. The zero-order valence-corrected chi connectivity index (χ0v) is 12.5. The average molecular weight is 269 g/mol. The number of hydrogen-bond acceptors (Lipinski definition) is 2. The maximum Gasteiger partial charge on any atom is 0.180 e. The lowest BCUT2D eigenvalue weighted by molar-refractivity contribution is 0.0990. The lowest BCUT2D eigenvalue weighted by Crippen LogP contribution is -2.15. The number of benzene rings is 1. The Morgan fingerprint density at radius 2 is 1.94 bits per heavy atom. The third-order valence-corrected chi connectivity index (χ3v) is 3.32. The van der Waals surface area contributed by atoms with Gasteiger partial charge in [0.1, 0.15) is 5.75 Å². The van der Waals surface area contributed by atoms with Gasteiger partial charge >= 0.3 is 0 Å². The van der Waals surface area contributed by atoms with Crippen molar-refractivity contribution in [2.75, 3.05) is 6.61 Å². The smallest absolute Gasteiger partial charge is 0.180 e. The van der Waals surface area contributed by atoms with Crippen molar-refractivity contribution in [1.82, 2.24) is 0 Å². The molecule has 1 aromatic rings. The van der Waals surface area contributed by atoms with Gasteiger partial charge in [-0.05, 0) is 56.9 Å². The SMILES string of the molecule is CCCOc1cc(C)c(C(=O)C(C)Cl)c(C)c1C. The molecule has 1 aromatic carbocycles. The van der Waals surface area contributed by atoms with E-state index < -0.39 is 5.38 Å². The van der Waals surface area contributed by atoms with Crippen LogP contribution in [0.15, 0.2) is 6.07 Å². The van der Waals surface area contributed by atoms with E-state index in [0.29, 0.717) is 6.61 Å².